The minimum atomic E-state index is -1.12. The van der Waals surface area contributed by atoms with Crippen LogP contribution in [-0.4, -0.2) is 15.6 Å². The lowest BCUT2D eigenvalue weighted by Crippen LogP contribution is -2.19. The molecule has 0 radical (unpaired) electrons. The van der Waals surface area contributed by atoms with E-state index in [2.05, 4.69) is 0 Å². The maximum Gasteiger partial charge on any atom is 0.420 e. The highest BCUT2D eigenvalue weighted by molar-refractivity contribution is 5.86. The Morgan fingerprint density at radius 3 is 2.93 bits per heavy atom. The molecule has 1 heterocycles. The number of nitrogens with zero attached hydrogens (tertiary/aromatic N) is 1. The third-order valence-corrected chi connectivity index (χ3v) is 2.01. The van der Waals surface area contributed by atoms with E-state index in [0.29, 0.717) is 16.8 Å². The molecule has 2 aromatic rings. The number of benzene rings is 1. The van der Waals surface area contributed by atoms with E-state index in [9.17, 15) is 9.59 Å². The summed E-state index contributed by atoms with van der Waals surface area (Å²) in [6.07, 6.45) is 0. The first kappa shape index (κ1) is 9.32. The fourth-order valence-electron chi connectivity index (χ4n) is 1.43. The van der Waals surface area contributed by atoms with E-state index in [-0.39, 0.29) is 0 Å². The number of anilines is 1. The van der Waals surface area contributed by atoms with Crippen molar-refractivity contribution in [1.82, 2.24) is 4.57 Å². The molecule has 0 aliphatic rings. The largest absolute Gasteiger partial charge is 0.480 e. The number of hydrogen-bond acceptors (Lipinski definition) is 4. The van der Waals surface area contributed by atoms with Crippen molar-refractivity contribution in [2.75, 3.05) is 5.73 Å². The lowest BCUT2D eigenvalue weighted by Gasteiger charge is -1.99. The van der Waals surface area contributed by atoms with Gasteiger partial charge in [0.25, 0.3) is 0 Å². The summed E-state index contributed by atoms with van der Waals surface area (Å²) in [5.41, 5.74) is 6.57. The van der Waals surface area contributed by atoms with Crippen LogP contribution in [0.25, 0.3) is 11.1 Å². The van der Waals surface area contributed by atoms with Crippen molar-refractivity contribution in [2.24, 2.45) is 0 Å². The first-order chi connectivity index (χ1) is 7.09. The maximum absolute atomic E-state index is 11.3. The average molecular weight is 208 g/mol. The first-order valence-electron chi connectivity index (χ1n) is 4.19. The predicted octanol–water partition coefficient (Wildman–Crippen LogP) is 0.261. The molecule has 1 aromatic carbocycles. The molecule has 78 valence electrons. The molecular weight excluding hydrogens is 200 g/mol. The number of carboxylic acids is 1. The van der Waals surface area contributed by atoms with Crippen LogP contribution in [0, 0.1) is 0 Å². The van der Waals surface area contributed by atoms with Crippen LogP contribution in [0.4, 0.5) is 5.69 Å². The van der Waals surface area contributed by atoms with E-state index in [1.54, 1.807) is 18.2 Å². The Kier molecular flexibility index (Phi) is 1.96. The zero-order valence-corrected chi connectivity index (χ0v) is 7.64. The lowest BCUT2D eigenvalue weighted by molar-refractivity contribution is -0.137. The maximum atomic E-state index is 11.3. The Bertz CT molecular complexity index is 581. The third-order valence-electron chi connectivity index (χ3n) is 2.01. The summed E-state index contributed by atoms with van der Waals surface area (Å²) in [5.74, 6) is -1.84. The number of carboxylic acid groups (broad SMARTS) is 1. The number of carbonyl (C=O) groups is 1. The number of nitrogen functional groups attached to an aromatic ring is 1. The Labute approximate surface area is 83.5 Å². The molecule has 0 fully saturated rings. The second-order valence-corrected chi connectivity index (χ2v) is 3.04. The summed E-state index contributed by atoms with van der Waals surface area (Å²) in [5, 5.41) is 8.62. The van der Waals surface area contributed by atoms with Gasteiger partial charge in [0.2, 0.25) is 0 Å². The molecule has 2 rings (SSSR count). The number of hydrogen-bond donors (Lipinski definition) is 2. The van der Waals surface area contributed by atoms with Gasteiger partial charge >= 0.3 is 11.7 Å². The molecule has 0 unspecified atom stereocenters. The van der Waals surface area contributed by atoms with Gasteiger partial charge in [-0.15, -0.1) is 0 Å². The summed E-state index contributed by atoms with van der Waals surface area (Å²) in [6, 6.07) is 4.77. The normalized spacial score (nSPS) is 10.7. The van der Waals surface area contributed by atoms with Crippen LogP contribution in [0.1, 0.15) is 0 Å². The van der Waals surface area contributed by atoms with Gasteiger partial charge in [-0.25, -0.2) is 4.79 Å². The SMILES string of the molecule is Nc1cccc2oc(=O)n(CC(=O)O)c12. The molecule has 0 saturated heterocycles. The third kappa shape index (κ3) is 1.45. The number of rotatable bonds is 2. The van der Waals surface area contributed by atoms with Crippen molar-refractivity contribution >= 4 is 22.8 Å². The van der Waals surface area contributed by atoms with Gasteiger partial charge in [0.15, 0.2) is 5.58 Å². The van der Waals surface area contributed by atoms with E-state index in [4.69, 9.17) is 15.3 Å². The second kappa shape index (κ2) is 3.16. The van der Waals surface area contributed by atoms with Gasteiger partial charge in [-0.05, 0) is 12.1 Å². The molecule has 0 aliphatic heterocycles. The Hall–Kier alpha value is -2.24. The molecule has 3 N–H and O–H groups in total. The average Bonchev–Trinajstić information content (AvgIpc) is 2.43. The zero-order valence-electron chi connectivity index (χ0n) is 7.64. The zero-order chi connectivity index (χ0) is 11.0. The molecule has 0 amide bonds. The molecule has 6 nitrogen and oxygen atoms in total. The van der Waals surface area contributed by atoms with E-state index in [0.717, 1.165) is 4.57 Å². The highest BCUT2D eigenvalue weighted by atomic mass is 16.4. The van der Waals surface area contributed by atoms with Gasteiger partial charge in [-0.2, -0.15) is 0 Å². The molecule has 0 spiro atoms. The fraction of sp³-hybridized carbons (Fsp3) is 0.111. The van der Waals surface area contributed by atoms with E-state index >= 15 is 0 Å². The number of para-hydroxylation sites is 1. The van der Waals surface area contributed by atoms with Crippen LogP contribution in [0.15, 0.2) is 27.4 Å². The van der Waals surface area contributed by atoms with Crippen LogP contribution in [-0.2, 0) is 11.3 Å². The van der Waals surface area contributed by atoms with E-state index in [1.165, 1.54) is 0 Å². The van der Waals surface area contributed by atoms with Crippen molar-refractivity contribution in [3.8, 4) is 0 Å². The second-order valence-electron chi connectivity index (χ2n) is 3.04. The predicted molar refractivity (Wildman–Crippen MR) is 52.5 cm³/mol. The molecule has 0 bridgehead atoms. The first-order valence-corrected chi connectivity index (χ1v) is 4.19. The summed E-state index contributed by atoms with van der Waals surface area (Å²) < 4.78 is 5.84. The van der Waals surface area contributed by atoms with Gasteiger partial charge < -0.3 is 15.3 Å². The summed E-state index contributed by atoms with van der Waals surface area (Å²) in [4.78, 5) is 21.8. The van der Waals surface area contributed by atoms with Gasteiger partial charge in [-0.3, -0.25) is 9.36 Å². The molecule has 0 atom stereocenters. The summed E-state index contributed by atoms with van der Waals surface area (Å²) >= 11 is 0. The smallest absolute Gasteiger partial charge is 0.420 e. The van der Waals surface area contributed by atoms with Crippen molar-refractivity contribution in [3.05, 3.63) is 28.7 Å². The van der Waals surface area contributed by atoms with Crippen molar-refractivity contribution in [2.45, 2.75) is 6.54 Å². The van der Waals surface area contributed by atoms with Crippen LogP contribution >= 0.6 is 0 Å². The van der Waals surface area contributed by atoms with E-state index < -0.39 is 18.3 Å². The molecule has 0 aliphatic carbocycles. The number of aliphatic carboxylic acids is 1. The van der Waals surface area contributed by atoms with Crippen LogP contribution in [0.3, 0.4) is 0 Å². The van der Waals surface area contributed by atoms with Gasteiger partial charge in [-0.1, -0.05) is 6.07 Å². The summed E-state index contributed by atoms with van der Waals surface area (Å²) in [6.45, 7) is -0.458. The fourth-order valence-corrected chi connectivity index (χ4v) is 1.43. The standard InChI is InChI=1S/C9H8N2O4/c10-5-2-1-3-6-8(5)11(4-7(12)13)9(14)15-6/h1-3H,4,10H2,(H,12,13). The Morgan fingerprint density at radius 2 is 2.27 bits per heavy atom. The molecule has 6 heteroatoms. The molecule has 0 saturated carbocycles. The molecule has 1 aromatic heterocycles. The quantitative estimate of drug-likeness (QED) is 0.690. The minimum absolute atomic E-state index is 0.293. The van der Waals surface area contributed by atoms with Gasteiger partial charge in [0.1, 0.15) is 12.1 Å². The van der Waals surface area contributed by atoms with Crippen LogP contribution in [0.5, 0.6) is 0 Å². The Morgan fingerprint density at radius 1 is 1.53 bits per heavy atom. The minimum Gasteiger partial charge on any atom is -0.480 e. The highest BCUT2D eigenvalue weighted by Crippen LogP contribution is 2.19. The van der Waals surface area contributed by atoms with Gasteiger partial charge in [0, 0.05) is 0 Å². The number of oxazole rings is 1. The topological polar surface area (TPSA) is 98.5 Å². The monoisotopic (exact) mass is 208 g/mol. The Balaban J connectivity index is 2.76. The van der Waals surface area contributed by atoms with Crippen molar-refractivity contribution in [3.63, 3.8) is 0 Å². The lowest BCUT2D eigenvalue weighted by atomic mass is 10.3. The van der Waals surface area contributed by atoms with Gasteiger partial charge in [0.05, 0.1) is 5.69 Å². The van der Waals surface area contributed by atoms with Crippen molar-refractivity contribution in [1.29, 1.82) is 0 Å². The number of fused-ring (bicyclic) bond motifs is 1. The highest BCUT2D eigenvalue weighted by Gasteiger charge is 2.13. The van der Waals surface area contributed by atoms with Crippen LogP contribution < -0.4 is 11.5 Å². The number of nitrogens with two attached hydrogens (primary N) is 1. The molecule has 15 heavy (non-hydrogen) atoms. The number of aromatic nitrogens is 1. The van der Waals surface area contributed by atoms with Crippen molar-refractivity contribution < 1.29 is 14.3 Å². The van der Waals surface area contributed by atoms with E-state index in [1.807, 2.05) is 0 Å². The molecular formula is C9H8N2O4. The van der Waals surface area contributed by atoms with Crippen LogP contribution in [0.2, 0.25) is 0 Å². The summed E-state index contributed by atoms with van der Waals surface area (Å²) in [7, 11) is 0.